The molecule has 34 heavy (non-hydrogen) atoms. The molecule has 0 unspecified atom stereocenters. The van der Waals surface area contributed by atoms with Crippen molar-refractivity contribution in [2.24, 2.45) is 12.8 Å². The molecule has 3 heterocycles. The third kappa shape index (κ3) is 7.15. The van der Waals surface area contributed by atoms with Gasteiger partial charge in [-0.15, -0.1) is 11.3 Å². The van der Waals surface area contributed by atoms with E-state index in [0.29, 0.717) is 11.2 Å². The first-order chi connectivity index (χ1) is 16.4. The van der Waals surface area contributed by atoms with E-state index in [4.69, 9.17) is 5.73 Å². The number of carbonyl (C=O) groups excluding carboxylic acids is 1. The van der Waals surface area contributed by atoms with Gasteiger partial charge in [0, 0.05) is 18.1 Å². The lowest BCUT2D eigenvalue weighted by Gasteiger charge is -2.08. The largest absolute Gasteiger partial charge is 0.351 e. The van der Waals surface area contributed by atoms with Crippen molar-refractivity contribution in [3.63, 3.8) is 0 Å². The third-order valence-corrected chi connectivity index (χ3v) is 5.15. The summed E-state index contributed by atoms with van der Waals surface area (Å²) in [5, 5.41) is 8.62. The summed E-state index contributed by atoms with van der Waals surface area (Å²) in [6.45, 7) is 18.2. The third-order valence-electron chi connectivity index (χ3n) is 4.16. The van der Waals surface area contributed by atoms with Gasteiger partial charge in [-0.25, -0.2) is 14.5 Å². The molecule has 4 rings (SSSR count). The van der Waals surface area contributed by atoms with Gasteiger partial charge in [0.05, 0.1) is 22.4 Å². The molecule has 0 spiro atoms. The molecule has 0 aliphatic rings. The Morgan fingerprint density at radius 3 is 2.29 bits per heavy atom. The number of benzene rings is 1. The topological polar surface area (TPSA) is 108 Å². The molecule has 0 saturated carbocycles. The number of nitrogens with one attached hydrogen (secondary N) is 1. The molecular formula is C25H40N6O2S. The van der Waals surface area contributed by atoms with Gasteiger partial charge < -0.3 is 15.6 Å². The summed E-state index contributed by atoms with van der Waals surface area (Å²) in [7, 11) is 1.84. The maximum absolute atomic E-state index is 12.9. The Labute approximate surface area is 206 Å². The number of amides is 2. The summed E-state index contributed by atoms with van der Waals surface area (Å²) in [6.07, 6.45) is 1.71. The van der Waals surface area contributed by atoms with Crippen molar-refractivity contribution in [1.82, 2.24) is 19.3 Å². The molecule has 0 fully saturated rings. The van der Waals surface area contributed by atoms with Gasteiger partial charge >= 0.3 is 6.03 Å². The van der Waals surface area contributed by atoms with E-state index in [2.05, 4.69) is 15.4 Å². The quantitative estimate of drug-likeness (QED) is 0.353. The average molecular weight is 489 g/mol. The van der Waals surface area contributed by atoms with Crippen molar-refractivity contribution in [1.29, 1.82) is 0 Å². The number of anilines is 1. The van der Waals surface area contributed by atoms with Crippen LogP contribution in [0.5, 0.6) is 0 Å². The molecule has 0 aliphatic heterocycles. The molecule has 9 heteroatoms. The van der Waals surface area contributed by atoms with E-state index in [9.17, 15) is 9.59 Å². The van der Waals surface area contributed by atoms with Crippen molar-refractivity contribution in [2.75, 3.05) is 5.32 Å². The summed E-state index contributed by atoms with van der Waals surface area (Å²) in [5.74, 6) is 0. The molecule has 3 aromatic heterocycles. The molecule has 1 aromatic carbocycles. The predicted octanol–water partition coefficient (Wildman–Crippen LogP) is 6.30. The van der Waals surface area contributed by atoms with Crippen LogP contribution in [0.2, 0.25) is 0 Å². The monoisotopic (exact) mass is 488 g/mol. The number of carbonyl (C=O) groups is 1. The SMILES string of the molecule is CC.CC.CC.CC.Cc1nc2c(s1)c1cnn(Cc3cccc(NC(N)=O)c3)c(=O)c1n2C. The average Bonchev–Trinajstić information content (AvgIpc) is 3.37. The standard InChI is InChI=1S/C17H16N6O2S.4C2H6/c1-9-20-15-14(26-9)12-7-19-23(16(24)13(12)22(15)2)8-10-4-3-5-11(6-10)21-17(18)25;4*1-2/h3-7H,8H2,1-2H3,(H3,18,21,25);4*1-2H3. The molecule has 3 N–H and O–H groups in total. The minimum atomic E-state index is -0.634. The number of aromatic nitrogens is 4. The van der Waals surface area contributed by atoms with Crippen LogP contribution in [0.3, 0.4) is 0 Å². The van der Waals surface area contributed by atoms with Gasteiger partial charge in [-0.1, -0.05) is 67.5 Å². The molecule has 8 nitrogen and oxygen atoms in total. The molecule has 0 saturated heterocycles. The Hall–Kier alpha value is -3.20. The van der Waals surface area contributed by atoms with Crippen molar-refractivity contribution < 1.29 is 4.79 Å². The van der Waals surface area contributed by atoms with Gasteiger partial charge in [-0.2, -0.15) is 5.10 Å². The molecule has 2 amide bonds. The number of fused-ring (bicyclic) bond motifs is 3. The molecule has 4 aromatic rings. The van der Waals surface area contributed by atoms with Crippen LogP contribution in [0.25, 0.3) is 21.3 Å². The van der Waals surface area contributed by atoms with E-state index in [1.165, 1.54) is 4.68 Å². The number of nitrogens with zero attached hydrogens (tertiary/aromatic N) is 4. The van der Waals surface area contributed by atoms with Crippen molar-refractivity contribution in [3.8, 4) is 0 Å². The Morgan fingerprint density at radius 1 is 1.09 bits per heavy atom. The van der Waals surface area contributed by atoms with E-state index in [1.54, 1.807) is 35.7 Å². The first-order valence-electron chi connectivity index (χ1n) is 11.9. The molecular weight excluding hydrogens is 448 g/mol. The minimum Gasteiger partial charge on any atom is -0.351 e. The number of urea groups is 1. The summed E-state index contributed by atoms with van der Waals surface area (Å²) >= 11 is 1.56. The van der Waals surface area contributed by atoms with E-state index >= 15 is 0 Å². The number of aryl methyl sites for hydroxylation is 2. The second-order valence-electron chi connectivity index (χ2n) is 6.00. The summed E-state index contributed by atoms with van der Waals surface area (Å²) in [6, 6.07) is 6.50. The second-order valence-corrected chi connectivity index (χ2v) is 7.21. The van der Waals surface area contributed by atoms with Gasteiger partial charge in [-0.3, -0.25) is 4.79 Å². The van der Waals surface area contributed by atoms with Crippen LogP contribution in [0.15, 0.2) is 35.3 Å². The van der Waals surface area contributed by atoms with Crippen LogP contribution in [0, 0.1) is 6.92 Å². The normalized spacial score (nSPS) is 9.35. The maximum atomic E-state index is 12.9. The minimum absolute atomic E-state index is 0.180. The Morgan fingerprint density at radius 2 is 1.71 bits per heavy atom. The zero-order valence-corrected chi connectivity index (χ0v) is 23.0. The lowest BCUT2D eigenvalue weighted by Crippen LogP contribution is -2.24. The fourth-order valence-corrected chi connectivity index (χ4v) is 4.03. The van der Waals surface area contributed by atoms with Crippen molar-refractivity contribution in [3.05, 3.63) is 51.4 Å². The van der Waals surface area contributed by atoms with Crippen LogP contribution in [0.1, 0.15) is 66.0 Å². The van der Waals surface area contributed by atoms with Gasteiger partial charge in [-0.05, 0) is 24.6 Å². The van der Waals surface area contributed by atoms with Gasteiger partial charge in [0.1, 0.15) is 5.52 Å². The molecule has 0 aliphatic carbocycles. The van der Waals surface area contributed by atoms with Crippen LogP contribution in [0.4, 0.5) is 10.5 Å². The predicted molar refractivity (Wildman–Crippen MR) is 147 cm³/mol. The van der Waals surface area contributed by atoms with Gasteiger partial charge in [0.25, 0.3) is 5.56 Å². The van der Waals surface area contributed by atoms with E-state index < -0.39 is 6.03 Å². The molecule has 188 valence electrons. The lowest BCUT2D eigenvalue weighted by atomic mass is 10.2. The molecule has 0 radical (unpaired) electrons. The fraction of sp³-hybridized carbons (Fsp3) is 0.440. The number of primary amides is 1. The van der Waals surface area contributed by atoms with Crippen molar-refractivity contribution >= 4 is 44.3 Å². The number of hydrogen-bond donors (Lipinski definition) is 2. The van der Waals surface area contributed by atoms with Gasteiger partial charge in [0.2, 0.25) is 0 Å². The highest BCUT2D eigenvalue weighted by molar-refractivity contribution is 7.19. The van der Waals surface area contributed by atoms with E-state index in [1.807, 2.05) is 80.0 Å². The zero-order chi connectivity index (χ0) is 26.4. The van der Waals surface area contributed by atoms with Crippen molar-refractivity contribution in [2.45, 2.75) is 68.9 Å². The Kier molecular flexibility index (Phi) is 14.1. The van der Waals surface area contributed by atoms with E-state index in [-0.39, 0.29) is 12.1 Å². The zero-order valence-electron chi connectivity index (χ0n) is 22.2. The van der Waals surface area contributed by atoms with Crippen LogP contribution in [-0.4, -0.2) is 25.4 Å². The highest BCUT2D eigenvalue weighted by atomic mass is 32.1. The first kappa shape index (κ1) is 30.8. The molecule has 0 bridgehead atoms. The van der Waals surface area contributed by atoms with Gasteiger partial charge in [0.15, 0.2) is 5.65 Å². The number of thiazole rings is 1. The summed E-state index contributed by atoms with van der Waals surface area (Å²) in [4.78, 5) is 28.4. The smallest absolute Gasteiger partial charge is 0.316 e. The summed E-state index contributed by atoms with van der Waals surface area (Å²) < 4.78 is 4.20. The highest BCUT2D eigenvalue weighted by Gasteiger charge is 2.17. The number of rotatable bonds is 3. The summed E-state index contributed by atoms with van der Waals surface area (Å²) in [5.41, 5.74) is 7.75. The number of hydrogen-bond acceptors (Lipinski definition) is 5. The second kappa shape index (κ2) is 15.6. The maximum Gasteiger partial charge on any atom is 0.316 e. The Balaban J connectivity index is 0.00000124. The molecule has 0 atom stereocenters. The number of nitrogens with two attached hydrogens (primary N) is 1. The fourth-order valence-electron chi connectivity index (χ4n) is 3.07. The van der Waals surface area contributed by atoms with Crippen LogP contribution >= 0.6 is 11.3 Å². The lowest BCUT2D eigenvalue weighted by molar-refractivity contribution is 0.259. The van der Waals surface area contributed by atoms with E-state index in [0.717, 1.165) is 26.3 Å². The first-order valence-corrected chi connectivity index (χ1v) is 12.7. The van der Waals surface area contributed by atoms with Crippen LogP contribution in [-0.2, 0) is 13.6 Å². The van der Waals surface area contributed by atoms with Crippen LogP contribution < -0.4 is 16.6 Å². The Bertz CT molecular complexity index is 1220. The highest BCUT2D eigenvalue weighted by Crippen LogP contribution is 2.30.